The van der Waals surface area contributed by atoms with E-state index in [0.717, 1.165) is 5.56 Å². The van der Waals surface area contributed by atoms with Gasteiger partial charge >= 0.3 is 0 Å². The highest BCUT2D eigenvalue weighted by atomic mass is 19.1. The van der Waals surface area contributed by atoms with E-state index >= 15 is 0 Å². The lowest BCUT2D eigenvalue weighted by Gasteiger charge is -2.26. The highest BCUT2D eigenvalue weighted by Gasteiger charge is 2.22. The van der Waals surface area contributed by atoms with Crippen molar-refractivity contribution >= 4 is 17.3 Å². The molecule has 0 aromatic heterocycles. The Hall–Kier alpha value is -3.00. The van der Waals surface area contributed by atoms with Gasteiger partial charge in [0.2, 0.25) is 0 Å². The van der Waals surface area contributed by atoms with Crippen LogP contribution in [-0.4, -0.2) is 42.0 Å². The van der Waals surface area contributed by atoms with Gasteiger partial charge in [0.05, 0.1) is 18.1 Å². The summed E-state index contributed by atoms with van der Waals surface area (Å²) in [6, 6.07) is 10.2. The number of rotatable bonds is 5. The van der Waals surface area contributed by atoms with E-state index in [1.54, 1.807) is 23.1 Å². The molecule has 136 valence electrons. The number of carbonyl (C=O) groups is 1. The molecule has 0 saturated carbocycles. The molecule has 1 amide bonds. The van der Waals surface area contributed by atoms with Crippen LogP contribution in [0.5, 0.6) is 0 Å². The predicted molar refractivity (Wildman–Crippen MR) is 93.5 cm³/mol. The molecule has 1 saturated heterocycles. The minimum absolute atomic E-state index is 0.175. The predicted octanol–water partition coefficient (Wildman–Crippen LogP) is 2.82. The van der Waals surface area contributed by atoms with Gasteiger partial charge in [-0.05, 0) is 29.8 Å². The standard InChI is InChI=1S/C18H18FN3O4/c19-15-4-1-13(2-5-15)12-20-16-6-3-14(11-17(16)22(24)25)18(23)21-7-9-26-10-8-21/h1-6,11,20H,7-10,12H2. The summed E-state index contributed by atoms with van der Waals surface area (Å²) in [6.07, 6.45) is 0. The maximum atomic E-state index is 12.9. The van der Waals surface area contributed by atoms with Crippen molar-refractivity contribution in [1.29, 1.82) is 0 Å². The molecule has 8 heteroatoms. The number of morpholine rings is 1. The van der Waals surface area contributed by atoms with Gasteiger partial charge in [-0.3, -0.25) is 14.9 Å². The fourth-order valence-electron chi connectivity index (χ4n) is 2.71. The van der Waals surface area contributed by atoms with Gasteiger partial charge < -0.3 is 15.0 Å². The van der Waals surface area contributed by atoms with Crippen LogP contribution in [0.2, 0.25) is 0 Å². The number of carbonyl (C=O) groups excluding carboxylic acids is 1. The third kappa shape index (κ3) is 4.15. The van der Waals surface area contributed by atoms with E-state index in [-0.39, 0.29) is 23.0 Å². The zero-order chi connectivity index (χ0) is 18.5. The Morgan fingerprint density at radius 3 is 2.54 bits per heavy atom. The van der Waals surface area contributed by atoms with Crippen LogP contribution in [0.4, 0.5) is 15.8 Å². The summed E-state index contributed by atoms with van der Waals surface area (Å²) in [4.78, 5) is 25.0. The first-order valence-corrected chi connectivity index (χ1v) is 8.18. The Kier molecular flexibility index (Phi) is 5.43. The van der Waals surface area contributed by atoms with Crippen molar-refractivity contribution in [3.63, 3.8) is 0 Å². The number of hydrogen-bond acceptors (Lipinski definition) is 5. The molecule has 0 unspecified atom stereocenters. The fraction of sp³-hybridized carbons (Fsp3) is 0.278. The second-order valence-electron chi connectivity index (χ2n) is 5.87. The van der Waals surface area contributed by atoms with E-state index in [2.05, 4.69) is 5.32 Å². The van der Waals surface area contributed by atoms with Gasteiger partial charge in [0.15, 0.2) is 0 Å². The number of ether oxygens (including phenoxy) is 1. The summed E-state index contributed by atoms with van der Waals surface area (Å²) in [5.41, 5.74) is 1.18. The summed E-state index contributed by atoms with van der Waals surface area (Å²) in [5, 5.41) is 14.4. The molecule has 0 radical (unpaired) electrons. The number of amides is 1. The number of anilines is 1. The minimum atomic E-state index is -0.525. The topological polar surface area (TPSA) is 84.7 Å². The normalized spacial score (nSPS) is 14.1. The largest absolute Gasteiger partial charge is 0.378 e. The van der Waals surface area contributed by atoms with Crippen LogP contribution in [0.1, 0.15) is 15.9 Å². The molecule has 26 heavy (non-hydrogen) atoms. The van der Waals surface area contributed by atoms with Gasteiger partial charge in [0.25, 0.3) is 11.6 Å². The first-order valence-electron chi connectivity index (χ1n) is 8.18. The van der Waals surface area contributed by atoms with E-state index in [1.165, 1.54) is 24.3 Å². The highest BCUT2D eigenvalue weighted by Crippen LogP contribution is 2.27. The van der Waals surface area contributed by atoms with Gasteiger partial charge in [-0.1, -0.05) is 12.1 Å². The van der Waals surface area contributed by atoms with Crippen molar-refractivity contribution in [3.05, 3.63) is 69.5 Å². The van der Waals surface area contributed by atoms with Crippen molar-refractivity contribution in [2.45, 2.75) is 6.54 Å². The molecule has 3 rings (SSSR count). The van der Waals surface area contributed by atoms with Crippen molar-refractivity contribution < 1.29 is 18.8 Å². The molecule has 0 atom stereocenters. The van der Waals surface area contributed by atoms with Crippen LogP contribution in [0.25, 0.3) is 0 Å². The number of halogens is 1. The fourth-order valence-corrected chi connectivity index (χ4v) is 2.71. The summed E-state index contributed by atoms with van der Waals surface area (Å²) in [6.45, 7) is 2.17. The molecule has 0 bridgehead atoms. The number of nitrogens with one attached hydrogen (secondary N) is 1. The van der Waals surface area contributed by atoms with E-state index in [1.807, 2.05) is 0 Å². The lowest BCUT2D eigenvalue weighted by molar-refractivity contribution is -0.384. The number of nitro groups is 1. The van der Waals surface area contributed by atoms with Crippen LogP contribution in [0.3, 0.4) is 0 Å². The van der Waals surface area contributed by atoms with E-state index in [4.69, 9.17) is 4.74 Å². The van der Waals surface area contributed by atoms with Crippen molar-refractivity contribution in [2.75, 3.05) is 31.6 Å². The molecular weight excluding hydrogens is 341 g/mol. The zero-order valence-corrected chi connectivity index (χ0v) is 14.0. The molecule has 1 heterocycles. The minimum Gasteiger partial charge on any atom is -0.378 e. The summed E-state index contributed by atoms with van der Waals surface area (Å²) in [7, 11) is 0. The van der Waals surface area contributed by atoms with Gasteiger partial charge in [0.1, 0.15) is 11.5 Å². The van der Waals surface area contributed by atoms with Crippen LogP contribution < -0.4 is 5.32 Å². The quantitative estimate of drug-likeness (QED) is 0.655. The van der Waals surface area contributed by atoms with Crippen LogP contribution in [-0.2, 0) is 11.3 Å². The zero-order valence-electron chi connectivity index (χ0n) is 14.0. The Morgan fingerprint density at radius 1 is 1.19 bits per heavy atom. The lowest BCUT2D eigenvalue weighted by atomic mass is 10.1. The second-order valence-corrected chi connectivity index (χ2v) is 5.87. The first kappa shape index (κ1) is 17.8. The Balaban J connectivity index is 1.76. The third-order valence-corrected chi connectivity index (χ3v) is 4.14. The highest BCUT2D eigenvalue weighted by molar-refractivity contribution is 5.95. The van der Waals surface area contributed by atoms with Crippen molar-refractivity contribution in [3.8, 4) is 0 Å². The van der Waals surface area contributed by atoms with Gasteiger partial charge in [0, 0.05) is 31.3 Å². The molecule has 2 aromatic carbocycles. The number of hydrogen-bond donors (Lipinski definition) is 1. The number of nitrogens with zero attached hydrogens (tertiary/aromatic N) is 2. The summed E-state index contributed by atoms with van der Waals surface area (Å²) in [5.74, 6) is -0.591. The number of nitro benzene ring substituents is 1. The molecule has 0 aliphatic carbocycles. The van der Waals surface area contributed by atoms with Crippen molar-refractivity contribution in [2.24, 2.45) is 0 Å². The molecule has 7 nitrogen and oxygen atoms in total. The molecule has 1 aliphatic heterocycles. The smallest absolute Gasteiger partial charge is 0.293 e. The van der Waals surface area contributed by atoms with Gasteiger partial charge in [-0.25, -0.2) is 4.39 Å². The van der Waals surface area contributed by atoms with Crippen LogP contribution in [0, 0.1) is 15.9 Å². The first-order chi connectivity index (χ1) is 12.5. The van der Waals surface area contributed by atoms with Gasteiger partial charge in [-0.15, -0.1) is 0 Å². The van der Waals surface area contributed by atoms with E-state index < -0.39 is 4.92 Å². The maximum absolute atomic E-state index is 12.9. The molecule has 1 N–H and O–H groups in total. The molecule has 1 aliphatic rings. The third-order valence-electron chi connectivity index (χ3n) is 4.14. The number of benzene rings is 2. The summed E-state index contributed by atoms with van der Waals surface area (Å²) < 4.78 is 18.2. The molecule has 0 spiro atoms. The lowest BCUT2D eigenvalue weighted by Crippen LogP contribution is -2.40. The second kappa shape index (κ2) is 7.92. The van der Waals surface area contributed by atoms with Crippen LogP contribution >= 0.6 is 0 Å². The molecule has 2 aromatic rings. The van der Waals surface area contributed by atoms with E-state index in [0.29, 0.717) is 38.5 Å². The SMILES string of the molecule is O=C(c1ccc(NCc2ccc(F)cc2)c([N+](=O)[O-])c1)N1CCOCC1. The van der Waals surface area contributed by atoms with Gasteiger partial charge in [-0.2, -0.15) is 0 Å². The molecular formula is C18H18FN3O4. The average Bonchev–Trinajstić information content (AvgIpc) is 2.67. The maximum Gasteiger partial charge on any atom is 0.293 e. The monoisotopic (exact) mass is 359 g/mol. The van der Waals surface area contributed by atoms with E-state index in [9.17, 15) is 19.3 Å². The Labute approximate surface area is 149 Å². The average molecular weight is 359 g/mol. The van der Waals surface area contributed by atoms with Crippen LogP contribution in [0.15, 0.2) is 42.5 Å². The summed E-state index contributed by atoms with van der Waals surface area (Å²) >= 11 is 0. The Bertz CT molecular complexity index is 805. The molecule has 1 fully saturated rings. The van der Waals surface area contributed by atoms with Crippen molar-refractivity contribution in [1.82, 2.24) is 4.90 Å². The Morgan fingerprint density at radius 2 is 1.88 bits per heavy atom.